The minimum absolute atomic E-state index is 0.355. The Labute approximate surface area is 121 Å². The number of nitrogens with one attached hydrogen (secondary N) is 1. The van der Waals surface area contributed by atoms with Gasteiger partial charge in [0.15, 0.2) is 0 Å². The average molecular weight is 383 g/mol. The molecule has 0 fully saturated rings. The first-order valence-corrected chi connectivity index (χ1v) is 7.10. The van der Waals surface area contributed by atoms with E-state index in [1.165, 1.54) is 6.07 Å². The molecule has 0 amide bonds. The van der Waals surface area contributed by atoms with Gasteiger partial charge in [-0.3, -0.25) is 5.84 Å². The molecule has 0 spiro atoms. The molecule has 0 saturated carbocycles. The third kappa shape index (κ3) is 2.97. The van der Waals surface area contributed by atoms with Gasteiger partial charge in [0, 0.05) is 10.6 Å². The fourth-order valence-electron chi connectivity index (χ4n) is 1.58. The minimum Gasteiger partial charge on any atom is -0.271 e. The van der Waals surface area contributed by atoms with E-state index in [9.17, 15) is 4.39 Å². The van der Waals surface area contributed by atoms with Crippen molar-refractivity contribution in [2.45, 2.75) is 6.04 Å². The zero-order chi connectivity index (χ0) is 12.4. The fraction of sp³-hybridized carbons (Fsp3) is 0.0909. The van der Waals surface area contributed by atoms with E-state index in [4.69, 9.17) is 17.4 Å². The lowest BCUT2D eigenvalue weighted by Crippen LogP contribution is -2.29. The maximum absolute atomic E-state index is 13.8. The number of benzene rings is 1. The normalized spacial score (nSPS) is 12.7. The SMILES string of the molecule is NNC(c1csc(I)c1)c1ccc(Cl)cc1F. The van der Waals surface area contributed by atoms with Crippen molar-refractivity contribution in [3.05, 3.63) is 54.5 Å². The lowest BCUT2D eigenvalue weighted by molar-refractivity contribution is 0.561. The lowest BCUT2D eigenvalue weighted by Gasteiger charge is -2.16. The summed E-state index contributed by atoms with van der Waals surface area (Å²) in [5, 5.41) is 2.34. The Kier molecular flexibility index (Phi) is 4.37. The van der Waals surface area contributed by atoms with Crippen LogP contribution in [0.15, 0.2) is 29.6 Å². The van der Waals surface area contributed by atoms with Crippen LogP contribution in [0.2, 0.25) is 5.02 Å². The summed E-state index contributed by atoms with van der Waals surface area (Å²) in [6, 6.07) is 6.21. The van der Waals surface area contributed by atoms with Crippen LogP contribution in [0.4, 0.5) is 4.39 Å². The van der Waals surface area contributed by atoms with Gasteiger partial charge in [0.25, 0.3) is 0 Å². The van der Waals surface area contributed by atoms with Gasteiger partial charge in [0.1, 0.15) is 5.82 Å². The summed E-state index contributed by atoms with van der Waals surface area (Å²) in [4.78, 5) is 0. The van der Waals surface area contributed by atoms with Gasteiger partial charge in [-0.2, -0.15) is 0 Å². The summed E-state index contributed by atoms with van der Waals surface area (Å²) in [6.07, 6.45) is 0. The number of hydrazine groups is 1. The molecule has 3 N–H and O–H groups in total. The van der Waals surface area contributed by atoms with Gasteiger partial charge < -0.3 is 0 Å². The number of hydrogen-bond acceptors (Lipinski definition) is 3. The van der Waals surface area contributed by atoms with E-state index in [-0.39, 0.29) is 11.9 Å². The smallest absolute Gasteiger partial charge is 0.129 e. The second-order valence-corrected chi connectivity index (χ2v) is 6.69. The zero-order valence-electron chi connectivity index (χ0n) is 8.58. The van der Waals surface area contributed by atoms with E-state index in [1.807, 2.05) is 11.4 Å². The van der Waals surface area contributed by atoms with Crippen LogP contribution in [-0.2, 0) is 0 Å². The van der Waals surface area contributed by atoms with E-state index in [1.54, 1.807) is 23.5 Å². The quantitative estimate of drug-likeness (QED) is 0.483. The zero-order valence-corrected chi connectivity index (χ0v) is 12.3. The Bertz CT molecular complexity index is 532. The molecule has 1 atom stereocenters. The lowest BCUT2D eigenvalue weighted by atomic mass is 10.0. The van der Waals surface area contributed by atoms with Gasteiger partial charge in [-0.05, 0) is 51.7 Å². The van der Waals surface area contributed by atoms with Crippen LogP contribution in [-0.4, -0.2) is 0 Å². The molecule has 0 aliphatic rings. The summed E-state index contributed by atoms with van der Waals surface area (Å²) in [6.45, 7) is 0. The van der Waals surface area contributed by atoms with Gasteiger partial charge in [0.2, 0.25) is 0 Å². The van der Waals surface area contributed by atoms with Crippen molar-refractivity contribution in [3.63, 3.8) is 0 Å². The molecule has 0 aliphatic carbocycles. The molecule has 17 heavy (non-hydrogen) atoms. The topological polar surface area (TPSA) is 38.0 Å². The maximum atomic E-state index is 13.8. The maximum Gasteiger partial charge on any atom is 0.129 e. The molecule has 2 nitrogen and oxygen atoms in total. The summed E-state index contributed by atoms with van der Waals surface area (Å²) in [5.74, 6) is 5.15. The Balaban J connectivity index is 2.42. The van der Waals surface area contributed by atoms with Crippen molar-refractivity contribution >= 4 is 45.5 Å². The van der Waals surface area contributed by atoms with Crippen molar-refractivity contribution < 1.29 is 4.39 Å². The fourth-order valence-corrected chi connectivity index (χ4v) is 3.13. The summed E-state index contributed by atoms with van der Waals surface area (Å²) in [5.41, 5.74) is 4.07. The van der Waals surface area contributed by atoms with Crippen LogP contribution >= 0.6 is 45.5 Å². The van der Waals surface area contributed by atoms with Crippen molar-refractivity contribution in [2.24, 2.45) is 5.84 Å². The molecule has 2 rings (SSSR count). The molecule has 1 aromatic heterocycles. The molecule has 1 aromatic carbocycles. The number of thiophene rings is 1. The van der Waals surface area contributed by atoms with E-state index in [0.717, 1.165) is 8.45 Å². The number of halogens is 3. The van der Waals surface area contributed by atoms with Crippen LogP contribution in [0.3, 0.4) is 0 Å². The van der Waals surface area contributed by atoms with Crippen molar-refractivity contribution in [3.8, 4) is 0 Å². The summed E-state index contributed by atoms with van der Waals surface area (Å²) >= 11 is 9.54. The molecule has 0 saturated heterocycles. The molecular weight excluding hydrogens is 374 g/mol. The van der Waals surface area contributed by atoms with E-state index < -0.39 is 0 Å². The molecule has 0 bridgehead atoms. The highest BCUT2D eigenvalue weighted by Gasteiger charge is 2.17. The molecule has 90 valence electrons. The third-order valence-electron chi connectivity index (χ3n) is 2.36. The molecule has 0 aliphatic heterocycles. The van der Waals surface area contributed by atoms with Gasteiger partial charge in [-0.25, -0.2) is 9.82 Å². The largest absolute Gasteiger partial charge is 0.271 e. The van der Waals surface area contributed by atoms with Gasteiger partial charge >= 0.3 is 0 Å². The van der Waals surface area contributed by atoms with Crippen LogP contribution < -0.4 is 11.3 Å². The highest BCUT2D eigenvalue weighted by Crippen LogP contribution is 2.29. The molecule has 1 unspecified atom stereocenters. The Morgan fingerprint density at radius 3 is 2.71 bits per heavy atom. The minimum atomic E-state index is -0.360. The number of hydrogen-bond donors (Lipinski definition) is 2. The summed E-state index contributed by atoms with van der Waals surface area (Å²) < 4.78 is 14.9. The van der Waals surface area contributed by atoms with Gasteiger partial charge in [-0.1, -0.05) is 17.7 Å². The molecule has 1 heterocycles. The second-order valence-electron chi connectivity index (χ2n) is 3.45. The van der Waals surface area contributed by atoms with Crippen molar-refractivity contribution in [2.75, 3.05) is 0 Å². The Morgan fingerprint density at radius 2 is 2.18 bits per heavy atom. The van der Waals surface area contributed by atoms with Crippen LogP contribution in [0.1, 0.15) is 17.2 Å². The Hall–Kier alpha value is -0.210. The first-order chi connectivity index (χ1) is 8.11. The molecule has 2 aromatic rings. The number of rotatable bonds is 3. The number of nitrogens with two attached hydrogens (primary N) is 1. The van der Waals surface area contributed by atoms with Crippen molar-refractivity contribution in [1.29, 1.82) is 0 Å². The Morgan fingerprint density at radius 1 is 1.41 bits per heavy atom. The first-order valence-electron chi connectivity index (χ1n) is 4.77. The van der Waals surface area contributed by atoms with E-state index in [0.29, 0.717) is 10.6 Å². The first kappa shape index (κ1) is 13.2. The predicted molar refractivity (Wildman–Crippen MR) is 77.6 cm³/mol. The monoisotopic (exact) mass is 382 g/mol. The molecular formula is C11H9ClFIN2S. The summed E-state index contributed by atoms with van der Waals surface area (Å²) in [7, 11) is 0. The van der Waals surface area contributed by atoms with Crippen molar-refractivity contribution in [1.82, 2.24) is 5.43 Å². The predicted octanol–water partition coefficient (Wildman–Crippen LogP) is 3.70. The highest BCUT2D eigenvalue weighted by atomic mass is 127. The molecule has 0 radical (unpaired) electrons. The second kappa shape index (κ2) is 5.62. The van der Waals surface area contributed by atoms with Crippen LogP contribution in [0.25, 0.3) is 0 Å². The third-order valence-corrected chi connectivity index (χ3v) is 4.40. The standard InChI is InChI=1S/C11H9ClFIN2S/c12-7-1-2-8(9(13)4-7)11(16-15)6-3-10(14)17-5-6/h1-5,11,16H,15H2. The van der Waals surface area contributed by atoms with E-state index in [2.05, 4.69) is 28.0 Å². The van der Waals surface area contributed by atoms with Crippen LogP contribution in [0, 0.1) is 8.70 Å². The molecule has 6 heteroatoms. The van der Waals surface area contributed by atoms with Gasteiger partial charge in [-0.15, -0.1) is 11.3 Å². The highest BCUT2D eigenvalue weighted by molar-refractivity contribution is 14.1. The average Bonchev–Trinajstić information content (AvgIpc) is 2.69. The van der Waals surface area contributed by atoms with Gasteiger partial charge in [0.05, 0.1) is 8.93 Å². The van der Waals surface area contributed by atoms with Crippen LogP contribution in [0.5, 0.6) is 0 Å². The van der Waals surface area contributed by atoms with E-state index >= 15 is 0 Å².